The maximum atomic E-state index is 3.84. The Kier molecular flexibility index (Phi) is 8.82. The van der Waals surface area contributed by atoms with E-state index in [0.717, 1.165) is 6.54 Å². The van der Waals surface area contributed by atoms with Gasteiger partial charge in [-0.3, -0.25) is 0 Å². The highest BCUT2D eigenvalue weighted by Crippen LogP contribution is 2.41. The van der Waals surface area contributed by atoms with E-state index in [-0.39, 0.29) is 5.41 Å². The van der Waals surface area contributed by atoms with Crippen molar-refractivity contribution in [3.8, 4) is 22.3 Å². The van der Waals surface area contributed by atoms with Crippen molar-refractivity contribution in [2.24, 2.45) is 0 Å². The summed E-state index contributed by atoms with van der Waals surface area (Å²) in [4.78, 5) is 0. The molecule has 1 N–H and O–H groups in total. The second-order valence-corrected chi connectivity index (χ2v) is 11.6. The van der Waals surface area contributed by atoms with Crippen LogP contribution in [-0.2, 0) is 5.41 Å². The van der Waals surface area contributed by atoms with Crippen LogP contribution in [0.2, 0.25) is 0 Å². The molecule has 39 heavy (non-hydrogen) atoms. The van der Waals surface area contributed by atoms with Crippen LogP contribution in [0.3, 0.4) is 0 Å². The molecule has 0 radical (unpaired) electrons. The summed E-state index contributed by atoms with van der Waals surface area (Å²) in [7, 11) is 0. The van der Waals surface area contributed by atoms with Gasteiger partial charge >= 0.3 is 0 Å². The molecule has 0 spiro atoms. The molecule has 204 valence electrons. The van der Waals surface area contributed by atoms with Crippen LogP contribution in [0.25, 0.3) is 22.3 Å². The quantitative estimate of drug-likeness (QED) is 0.278. The third-order valence-electron chi connectivity index (χ3n) is 8.66. The minimum atomic E-state index is -0.0949. The SMILES string of the molecule is CC.Cc1cc(C)c(-c2ccc(C(C)(c3ccc(-c4c(C)cc(C)cc4C)cc3)C3CCCN3)cc2)c(C)c1. The molecule has 0 aromatic heterocycles. The standard InChI is InChI=1S/C36H41N.C2H6/c1-23-19-25(3)34(26(4)20-23)29-10-14-31(15-11-29)36(7,33-9-8-18-37-33)32-16-12-30(13-17-32)35-27(5)21-24(2)22-28(35)6;1-2/h10-17,19-22,33,37H,8-9,18H2,1-7H3;1-2H3. The number of hydrogen-bond acceptors (Lipinski definition) is 1. The number of benzene rings is 4. The number of rotatable bonds is 5. The maximum absolute atomic E-state index is 3.84. The molecular weight excluding hydrogens is 470 g/mol. The van der Waals surface area contributed by atoms with Crippen molar-refractivity contribution in [3.05, 3.63) is 117 Å². The van der Waals surface area contributed by atoms with E-state index in [4.69, 9.17) is 0 Å². The Hall–Kier alpha value is -3.16. The Morgan fingerprint density at radius 2 is 0.949 bits per heavy atom. The summed E-state index contributed by atoms with van der Waals surface area (Å²) < 4.78 is 0. The lowest BCUT2D eigenvalue weighted by molar-refractivity contribution is 0.407. The fraction of sp³-hybridized carbons (Fsp3) is 0.368. The van der Waals surface area contributed by atoms with Gasteiger partial charge in [-0.05, 0) is 123 Å². The molecule has 0 saturated carbocycles. The Balaban J connectivity index is 0.00000172. The lowest BCUT2D eigenvalue weighted by atomic mass is 9.69. The summed E-state index contributed by atoms with van der Waals surface area (Å²) in [5.74, 6) is 0. The first kappa shape index (κ1) is 28.8. The van der Waals surface area contributed by atoms with E-state index in [1.807, 2.05) is 13.8 Å². The van der Waals surface area contributed by atoms with Crippen LogP contribution in [0, 0.1) is 41.5 Å². The van der Waals surface area contributed by atoms with Gasteiger partial charge in [-0.1, -0.05) is 97.8 Å². The zero-order chi connectivity index (χ0) is 28.3. The molecule has 4 aromatic rings. The maximum Gasteiger partial charge on any atom is 0.0327 e. The Morgan fingerprint density at radius 3 is 1.26 bits per heavy atom. The zero-order valence-corrected chi connectivity index (χ0v) is 25.6. The Bertz CT molecular complexity index is 1270. The first-order valence-electron chi connectivity index (χ1n) is 14.8. The molecule has 1 nitrogen and oxygen atoms in total. The highest BCUT2D eigenvalue weighted by Gasteiger charge is 2.39. The van der Waals surface area contributed by atoms with Crippen molar-refractivity contribution in [2.45, 2.75) is 86.6 Å². The van der Waals surface area contributed by atoms with Crippen molar-refractivity contribution in [1.82, 2.24) is 5.32 Å². The van der Waals surface area contributed by atoms with E-state index in [1.165, 1.54) is 79.6 Å². The number of hydrogen-bond donors (Lipinski definition) is 1. The smallest absolute Gasteiger partial charge is 0.0327 e. The molecule has 4 aromatic carbocycles. The molecule has 1 heterocycles. The summed E-state index contributed by atoms with van der Waals surface area (Å²) in [6, 6.07) is 28.4. The predicted octanol–water partition coefficient (Wildman–Crippen LogP) is 9.96. The van der Waals surface area contributed by atoms with Gasteiger partial charge in [0.2, 0.25) is 0 Å². The normalized spacial score (nSPS) is 15.2. The second kappa shape index (κ2) is 11.9. The van der Waals surface area contributed by atoms with Gasteiger partial charge in [-0.2, -0.15) is 0 Å². The zero-order valence-electron chi connectivity index (χ0n) is 25.6. The molecule has 5 rings (SSSR count). The second-order valence-electron chi connectivity index (χ2n) is 11.6. The van der Waals surface area contributed by atoms with E-state index in [9.17, 15) is 0 Å². The van der Waals surface area contributed by atoms with E-state index in [1.54, 1.807) is 0 Å². The molecule has 1 heteroatoms. The minimum Gasteiger partial charge on any atom is -0.313 e. The predicted molar refractivity (Wildman–Crippen MR) is 171 cm³/mol. The average Bonchev–Trinajstić information content (AvgIpc) is 3.45. The van der Waals surface area contributed by atoms with E-state index < -0.39 is 0 Å². The van der Waals surface area contributed by atoms with Crippen molar-refractivity contribution >= 4 is 0 Å². The van der Waals surface area contributed by atoms with Crippen molar-refractivity contribution in [1.29, 1.82) is 0 Å². The molecule has 0 amide bonds. The fourth-order valence-electron chi connectivity index (χ4n) is 6.98. The van der Waals surface area contributed by atoms with Crippen LogP contribution in [0.5, 0.6) is 0 Å². The molecule has 0 aliphatic carbocycles. The number of nitrogens with one attached hydrogen (secondary N) is 1. The summed E-state index contributed by atoms with van der Waals surface area (Å²) >= 11 is 0. The van der Waals surface area contributed by atoms with Crippen molar-refractivity contribution in [2.75, 3.05) is 6.54 Å². The highest BCUT2D eigenvalue weighted by atomic mass is 15.0. The van der Waals surface area contributed by atoms with E-state index in [2.05, 4.69) is 127 Å². The first-order chi connectivity index (χ1) is 18.7. The molecular formula is C38H47N. The molecule has 1 saturated heterocycles. The van der Waals surface area contributed by atoms with Crippen molar-refractivity contribution < 1.29 is 0 Å². The molecule has 1 atom stereocenters. The molecule has 1 fully saturated rings. The van der Waals surface area contributed by atoms with Crippen LogP contribution in [0.4, 0.5) is 0 Å². The Labute approximate surface area is 237 Å². The van der Waals surface area contributed by atoms with Crippen LogP contribution in [0.1, 0.15) is 78.1 Å². The largest absolute Gasteiger partial charge is 0.313 e. The van der Waals surface area contributed by atoms with Gasteiger partial charge < -0.3 is 5.32 Å². The highest BCUT2D eigenvalue weighted by molar-refractivity contribution is 5.73. The van der Waals surface area contributed by atoms with Gasteiger partial charge in [0.1, 0.15) is 0 Å². The lowest BCUT2D eigenvalue weighted by Crippen LogP contribution is -2.43. The third kappa shape index (κ3) is 5.61. The fourth-order valence-corrected chi connectivity index (χ4v) is 6.98. The van der Waals surface area contributed by atoms with Crippen LogP contribution in [0.15, 0.2) is 72.8 Å². The van der Waals surface area contributed by atoms with E-state index in [0.29, 0.717) is 6.04 Å². The van der Waals surface area contributed by atoms with Crippen LogP contribution >= 0.6 is 0 Å². The number of aryl methyl sites for hydroxylation is 6. The van der Waals surface area contributed by atoms with Gasteiger partial charge in [-0.15, -0.1) is 0 Å². The summed E-state index contributed by atoms with van der Waals surface area (Å²) in [5, 5.41) is 3.84. The average molecular weight is 518 g/mol. The molecule has 1 aliphatic heterocycles. The van der Waals surface area contributed by atoms with Crippen LogP contribution in [-0.4, -0.2) is 12.6 Å². The lowest BCUT2D eigenvalue weighted by Gasteiger charge is -2.37. The topological polar surface area (TPSA) is 12.0 Å². The van der Waals surface area contributed by atoms with Gasteiger partial charge in [-0.25, -0.2) is 0 Å². The van der Waals surface area contributed by atoms with Gasteiger partial charge in [0.15, 0.2) is 0 Å². The van der Waals surface area contributed by atoms with E-state index >= 15 is 0 Å². The monoisotopic (exact) mass is 517 g/mol. The Morgan fingerprint density at radius 1 is 0.590 bits per heavy atom. The third-order valence-corrected chi connectivity index (χ3v) is 8.66. The summed E-state index contributed by atoms with van der Waals surface area (Å²) in [5.41, 5.74) is 16.1. The van der Waals surface area contributed by atoms with Gasteiger partial charge in [0, 0.05) is 11.5 Å². The summed E-state index contributed by atoms with van der Waals surface area (Å²) in [6.07, 6.45) is 2.44. The minimum absolute atomic E-state index is 0.0949. The van der Waals surface area contributed by atoms with Gasteiger partial charge in [0.05, 0.1) is 0 Å². The van der Waals surface area contributed by atoms with Crippen molar-refractivity contribution in [3.63, 3.8) is 0 Å². The first-order valence-corrected chi connectivity index (χ1v) is 14.8. The summed E-state index contributed by atoms with van der Waals surface area (Å²) in [6.45, 7) is 20.8. The molecule has 0 bridgehead atoms. The molecule has 1 aliphatic rings. The van der Waals surface area contributed by atoms with Gasteiger partial charge in [0.25, 0.3) is 0 Å². The van der Waals surface area contributed by atoms with Crippen LogP contribution < -0.4 is 5.32 Å². The molecule has 1 unspecified atom stereocenters.